The molecule has 0 aliphatic rings. The van der Waals surface area contributed by atoms with Crippen LogP contribution in [-0.4, -0.2) is 22.7 Å². The minimum absolute atomic E-state index is 0.257. The molecule has 0 aromatic carbocycles. The first-order valence-corrected chi connectivity index (χ1v) is 3.93. The largest absolute Gasteiger partial charge is 0.465 e. The second-order valence-electron chi connectivity index (χ2n) is 2.73. The van der Waals surface area contributed by atoms with Crippen molar-refractivity contribution in [2.75, 3.05) is 7.11 Å². The van der Waals surface area contributed by atoms with Crippen molar-refractivity contribution in [1.82, 2.24) is 9.61 Å². The van der Waals surface area contributed by atoms with Gasteiger partial charge in [0.15, 0.2) is 5.82 Å². The van der Waals surface area contributed by atoms with Gasteiger partial charge in [-0.15, -0.1) is 0 Å². The number of methoxy groups -OCH3 is 1. The van der Waals surface area contributed by atoms with E-state index in [1.165, 1.54) is 30.0 Å². The van der Waals surface area contributed by atoms with Crippen LogP contribution < -0.4 is 0 Å². The molecule has 0 saturated heterocycles. The molecule has 0 aliphatic heterocycles. The summed E-state index contributed by atoms with van der Waals surface area (Å²) in [6, 6.07) is 2.92. The Hall–Kier alpha value is -1.91. The molecule has 2 heterocycles. The molecule has 0 saturated carbocycles. The maximum absolute atomic E-state index is 13.1. The Morgan fingerprint density at radius 1 is 1.64 bits per heavy atom. The van der Waals surface area contributed by atoms with E-state index in [-0.39, 0.29) is 5.52 Å². The SMILES string of the molecule is COC(=O)c1ccn2ncc(F)c2c1. The first-order chi connectivity index (χ1) is 6.72. The number of ether oxygens (including phenoxy) is 1. The molecule has 0 radical (unpaired) electrons. The van der Waals surface area contributed by atoms with Gasteiger partial charge in [0.05, 0.1) is 18.9 Å². The van der Waals surface area contributed by atoms with Gasteiger partial charge in [-0.3, -0.25) is 0 Å². The number of esters is 1. The van der Waals surface area contributed by atoms with E-state index in [0.29, 0.717) is 5.56 Å². The zero-order valence-corrected chi connectivity index (χ0v) is 7.40. The van der Waals surface area contributed by atoms with Crippen molar-refractivity contribution >= 4 is 11.5 Å². The van der Waals surface area contributed by atoms with E-state index in [2.05, 4.69) is 9.84 Å². The summed E-state index contributed by atoms with van der Waals surface area (Å²) in [4.78, 5) is 11.1. The number of pyridine rings is 1. The molecule has 5 heteroatoms. The van der Waals surface area contributed by atoms with Crippen LogP contribution in [0.2, 0.25) is 0 Å². The Labute approximate surface area is 78.9 Å². The lowest BCUT2D eigenvalue weighted by Gasteiger charge is -1.99. The highest BCUT2D eigenvalue weighted by Gasteiger charge is 2.09. The molecule has 0 fully saturated rings. The van der Waals surface area contributed by atoms with Gasteiger partial charge in [-0.25, -0.2) is 13.7 Å². The molecule has 2 aromatic heterocycles. The normalized spacial score (nSPS) is 10.4. The van der Waals surface area contributed by atoms with E-state index < -0.39 is 11.8 Å². The van der Waals surface area contributed by atoms with Crippen LogP contribution in [0.3, 0.4) is 0 Å². The van der Waals surface area contributed by atoms with Gasteiger partial charge in [-0.2, -0.15) is 5.10 Å². The summed E-state index contributed by atoms with van der Waals surface area (Å²) in [6.45, 7) is 0. The van der Waals surface area contributed by atoms with Crippen molar-refractivity contribution in [3.05, 3.63) is 35.9 Å². The lowest BCUT2D eigenvalue weighted by Crippen LogP contribution is -2.02. The first kappa shape index (κ1) is 8.68. The van der Waals surface area contributed by atoms with Crippen molar-refractivity contribution < 1.29 is 13.9 Å². The van der Waals surface area contributed by atoms with E-state index in [4.69, 9.17) is 0 Å². The van der Waals surface area contributed by atoms with Crippen LogP contribution in [0.25, 0.3) is 5.52 Å². The molecule has 14 heavy (non-hydrogen) atoms. The molecule has 2 aromatic rings. The van der Waals surface area contributed by atoms with E-state index in [0.717, 1.165) is 6.20 Å². The van der Waals surface area contributed by atoms with Gasteiger partial charge in [0.2, 0.25) is 0 Å². The average molecular weight is 194 g/mol. The van der Waals surface area contributed by atoms with Gasteiger partial charge >= 0.3 is 5.97 Å². The van der Waals surface area contributed by atoms with E-state index in [1.54, 1.807) is 0 Å². The standard InChI is InChI=1S/C9H7FN2O2/c1-14-9(13)6-2-3-12-8(4-6)7(10)5-11-12/h2-5H,1H3. The van der Waals surface area contributed by atoms with Crippen LogP contribution in [0.4, 0.5) is 4.39 Å². The van der Waals surface area contributed by atoms with E-state index in [1.807, 2.05) is 0 Å². The van der Waals surface area contributed by atoms with Crippen molar-refractivity contribution in [2.45, 2.75) is 0 Å². The number of halogens is 1. The highest BCUT2D eigenvalue weighted by atomic mass is 19.1. The topological polar surface area (TPSA) is 43.6 Å². The average Bonchev–Trinajstić information content (AvgIpc) is 2.59. The number of carbonyl (C=O) groups excluding carboxylic acids is 1. The summed E-state index contributed by atoms with van der Waals surface area (Å²) in [5, 5.41) is 3.73. The Morgan fingerprint density at radius 2 is 2.43 bits per heavy atom. The molecule has 0 bridgehead atoms. The molecular weight excluding hydrogens is 187 g/mol. The zero-order valence-electron chi connectivity index (χ0n) is 7.40. The van der Waals surface area contributed by atoms with Crippen LogP contribution in [-0.2, 0) is 4.74 Å². The Morgan fingerprint density at radius 3 is 3.14 bits per heavy atom. The van der Waals surface area contributed by atoms with E-state index >= 15 is 0 Å². The highest BCUT2D eigenvalue weighted by molar-refractivity contribution is 5.90. The number of hydrogen-bond donors (Lipinski definition) is 0. The number of rotatable bonds is 1. The fraction of sp³-hybridized carbons (Fsp3) is 0.111. The smallest absolute Gasteiger partial charge is 0.337 e. The number of hydrogen-bond acceptors (Lipinski definition) is 3. The summed E-state index contributed by atoms with van der Waals surface area (Å²) in [5.74, 6) is -0.955. The van der Waals surface area contributed by atoms with Crippen molar-refractivity contribution in [3.63, 3.8) is 0 Å². The molecule has 0 amide bonds. The third-order valence-electron chi connectivity index (χ3n) is 1.90. The van der Waals surface area contributed by atoms with Crippen molar-refractivity contribution in [1.29, 1.82) is 0 Å². The molecule has 0 unspecified atom stereocenters. The Kier molecular flexibility index (Phi) is 1.92. The van der Waals surface area contributed by atoms with Crippen molar-refractivity contribution in [2.24, 2.45) is 0 Å². The molecule has 4 nitrogen and oxygen atoms in total. The summed E-state index contributed by atoms with van der Waals surface area (Å²) < 4.78 is 18.9. The molecule has 0 spiro atoms. The second-order valence-corrected chi connectivity index (χ2v) is 2.73. The Bertz CT molecular complexity index is 493. The highest BCUT2D eigenvalue weighted by Crippen LogP contribution is 2.11. The Balaban J connectivity index is 2.60. The fourth-order valence-corrected chi connectivity index (χ4v) is 1.20. The minimum atomic E-state index is -0.492. The first-order valence-electron chi connectivity index (χ1n) is 3.93. The van der Waals surface area contributed by atoms with Gasteiger partial charge in [0.1, 0.15) is 5.52 Å². The number of carbonyl (C=O) groups is 1. The second kappa shape index (κ2) is 3.10. The van der Waals surface area contributed by atoms with Crippen LogP contribution in [0, 0.1) is 5.82 Å². The van der Waals surface area contributed by atoms with Crippen molar-refractivity contribution in [3.8, 4) is 0 Å². The van der Waals surface area contributed by atoms with Crippen LogP contribution >= 0.6 is 0 Å². The van der Waals surface area contributed by atoms with Gasteiger partial charge in [0, 0.05) is 6.20 Å². The van der Waals surface area contributed by atoms with Gasteiger partial charge < -0.3 is 4.74 Å². The summed E-state index contributed by atoms with van der Waals surface area (Å²) in [5.41, 5.74) is 0.562. The third kappa shape index (κ3) is 1.22. The fourth-order valence-electron chi connectivity index (χ4n) is 1.20. The number of nitrogens with zero attached hydrogens (tertiary/aromatic N) is 2. The number of aromatic nitrogens is 2. The molecule has 72 valence electrons. The van der Waals surface area contributed by atoms with Gasteiger partial charge in [0.25, 0.3) is 0 Å². The van der Waals surface area contributed by atoms with Crippen LogP contribution in [0.1, 0.15) is 10.4 Å². The zero-order chi connectivity index (χ0) is 10.1. The van der Waals surface area contributed by atoms with E-state index in [9.17, 15) is 9.18 Å². The molecule has 0 N–H and O–H groups in total. The maximum Gasteiger partial charge on any atom is 0.337 e. The summed E-state index contributed by atoms with van der Waals surface area (Å²) in [7, 11) is 1.28. The van der Waals surface area contributed by atoms with Crippen LogP contribution in [0.5, 0.6) is 0 Å². The quantitative estimate of drug-likeness (QED) is 0.642. The summed E-state index contributed by atoms with van der Waals surface area (Å²) >= 11 is 0. The van der Waals surface area contributed by atoms with Gasteiger partial charge in [-0.1, -0.05) is 0 Å². The number of fused-ring (bicyclic) bond motifs is 1. The maximum atomic E-state index is 13.1. The summed E-state index contributed by atoms with van der Waals surface area (Å²) in [6.07, 6.45) is 2.60. The molecular formula is C9H7FN2O2. The predicted octanol–water partition coefficient (Wildman–Crippen LogP) is 1.26. The predicted molar refractivity (Wildman–Crippen MR) is 46.5 cm³/mol. The minimum Gasteiger partial charge on any atom is -0.465 e. The molecule has 0 atom stereocenters. The monoisotopic (exact) mass is 194 g/mol. The lowest BCUT2D eigenvalue weighted by molar-refractivity contribution is 0.0600. The third-order valence-corrected chi connectivity index (χ3v) is 1.90. The van der Waals surface area contributed by atoms with Gasteiger partial charge in [-0.05, 0) is 12.1 Å². The van der Waals surface area contributed by atoms with Crippen LogP contribution in [0.15, 0.2) is 24.5 Å². The molecule has 0 aliphatic carbocycles. The lowest BCUT2D eigenvalue weighted by atomic mass is 10.2. The molecule has 2 rings (SSSR count).